The number of nitrogens with zero attached hydrogens (tertiary/aromatic N) is 3. The molecule has 3 unspecified atom stereocenters. The lowest BCUT2D eigenvalue weighted by Gasteiger charge is -2.22. The van der Waals surface area contributed by atoms with Crippen molar-refractivity contribution in [3.63, 3.8) is 0 Å². The van der Waals surface area contributed by atoms with E-state index in [0.29, 0.717) is 5.82 Å². The van der Waals surface area contributed by atoms with E-state index in [9.17, 15) is 9.90 Å². The van der Waals surface area contributed by atoms with Gasteiger partial charge in [-0.1, -0.05) is 40.2 Å². The molecule has 0 spiro atoms. The first-order chi connectivity index (χ1) is 11.4. The molecule has 0 aromatic carbocycles. The topological polar surface area (TPSA) is 91.5 Å². The van der Waals surface area contributed by atoms with Gasteiger partial charge >= 0.3 is 6.03 Å². The zero-order chi connectivity index (χ0) is 17.7. The highest BCUT2D eigenvalue weighted by Gasteiger charge is 2.24. The number of carbonyl (C=O) groups excluding carboxylic acids is 1. The average Bonchev–Trinajstić information content (AvgIpc) is 3.00. The smallest absolute Gasteiger partial charge is 0.315 e. The lowest BCUT2D eigenvalue weighted by Crippen LogP contribution is -2.44. The van der Waals surface area contributed by atoms with Crippen LogP contribution in [-0.2, 0) is 0 Å². The predicted molar refractivity (Wildman–Crippen MR) is 92.6 cm³/mol. The fourth-order valence-electron chi connectivity index (χ4n) is 2.46. The molecule has 0 aliphatic carbocycles. The molecule has 2 heterocycles. The molecule has 0 saturated heterocycles. The maximum absolute atomic E-state index is 12.2. The van der Waals surface area contributed by atoms with Crippen molar-refractivity contribution in [1.29, 1.82) is 0 Å². The van der Waals surface area contributed by atoms with Crippen LogP contribution >= 0.6 is 0 Å². The summed E-state index contributed by atoms with van der Waals surface area (Å²) in [7, 11) is 0. The number of hydrogen-bond acceptors (Lipinski definition) is 4. The molecule has 0 radical (unpaired) electrons. The van der Waals surface area contributed by atoms with Crippen LogP contribution in [0.3, 0.4) is 0 Å². The van der Waals surface area contributed by atoms with E-state index in [4.69, 9.17) is 0 Å². The van der Waals surface area contributed by atoms with Crippen molar-refractivity contribution in [3.05, 3.63) is 30.2 Å². The van der Waals surface area contributed by atoms with Gasteiger partial charge in [0.25, 0.3) is 0 Å². The molecule has 0 fully saturated rings. The maximum atomic E-state index is 12.2. The number of aromatic nitrogens is 3. The third-order valence-electron chi connectivity index (χ3n) is 4.34. The summed E-state index contributed by atoms with van der Waals surface area (Å²) in [5, 5.41) is 24.0. The van der Waals surface area contributed by atoms with Gasteiger partial charge in [0.1, 0.15) is 0 Å². The zero-order valence-corrected chi connectivity index (χ0v) is 14.7. The van der Waals surface area contributed by atoms with Crippen LogP contribution in [0, 0.1) is 11.8 Å². The molecule has 2 aromatic heterocycles. The van der Waals surface area contributed by atoms with Gasteiger partial charge in [0.15, 0.2) is 11.5 Å². The Morgan fingerprint density at radius 1 is 1.29 bits per heavy atom. The second-order valence-corrected chi connectivity index (χ2v) is 6.52. The highest BCUT2D eigenvalue weighted by molar-refractivity contribution is 5.74. The maximum Gasteiger partial charge on any atom is 0.315 e. The SMILES string of the molecule is CCC(C)C(O)CNC(=O)NC(c1nnc2ccccn12)C(C)C. The molecule has 7 heteroatoms. The van der Waals surface area contributed by atoms with E-state index in [1.54, 1.807) is 0 Å². The number of aliphatic hydroxyl groups is 1. The van der Waals surface area contributed by atoms with Crippen molar-refractivity contribution in [2.45, 2.75) is 46.3 Å². The Bertz CT molecular complexity index is 670. The largest absolute Gasteiger partial charge is 0.391 e. The van der Waals surface area contributed by atoms with Gasteiger partial charge in [0.05, 0.1) is 12.1 Å². The third kappa shape index (κ3) is 4.23. The van der Waals surface area contributed by atoms with Crippen molar-refractivity contribution < 1.29 is 9.90 Å². The number of amides is 2. The summed E-state index contributed by atoms with van der Waals surface area (Å²) in [6.07, 6.45) is 2.20. The molecule has 0 aliphatic heterocycles. The molecule has 3 N–H and O–H groups in total. The number of urea groups is 1. The van der Waals surface area contributed by atoms with Crippen LogP contribution in [0.1, 0.15) is 46.0 Å². The fraction of sp³-hybridized carbons (Fsp3) is 0.588. The predicted octanol–water partition coefficient (Wildman–Crippen LogP) is 2.13. The summed E-state index contributed by atoms with van der Waals surface area (Å²) in [5.41, 5.74) is 0.743. The monoisotopic (exact) mass is 333 g/mol. The molecular weight excluding hydrogens is 306 g/mol. The number of carbonyl (C=O) groups is 1. The number of hydrogen-bond donors (Lipinski definition) is 3. The van der Waals surface area contributed by atoms with Crippen LogP contribution in [0.2, 0.25) is 0 Å². The summed E-state index contributed by atoms with van der Waals surface area (Å²) in [5.74, 6) is 0.979. The van der Waals surface area contributed by atoms with Crippen LogP contribution in [-0.4, -0.2) is 38.4 Å². The van der Waals surface area contributed by atoms with E-state index in [0.717, 1.165) is 12.1 Å². The molecule has 0 saturated carbocycles. The van der Waals surface area contributed by atoms with Crippen molar-refractivity contribution in [2.75, 3.05) is 6.54 Å². The van der Waals surface area contributed by atoms with Crippen molar-refractivity contribution in [2.24, 2.45) is 11.8 Å². The summed E-state index contributed by atoms with van der Waals surface area (Å²) in [6.45, 7) is 8.24. The molecule has 132 valence electrons. The first-order valence-corrected chi connectivity index (χ1v) is 8.46. The van der Waals surface area contributed by atoms with E-state index in [1.165, 1.54) is 0 Å². The Hall–Kier alpha value is -2.15. The lowest BCUT2D eigenvalue weighted by atomic mass is 10.0. The highest BCUT2D eigenvalue weighted by Crippen LogP contribution is 2.20. The molecular formula is C17H27N5O2. The number of rotatable bonds is 7. The minimum absolute atomic E-state index is 0.142. The van der Waals surface area contributed by atoms with E-state index in [1.807, 2.05) is 56.5 Å². The molecule has 24 heavy (non-hydrogen) atoms. The number of nitrogens with one attached hydrogen (secondary N) is 2. The Morgan fingerprint density at radius 3 is 2.71 bits per heavy atom. The standard InChI is InChI=1S/C17H27N5O2/c1-5-12(4)13(23)10-18-17(24)19-15(11(2)3)16-21-20-14-8-6-7-9-22(14)16/h6-9,11-13,15,23H,5,10H2,1-4H3,(H2,18,19,24). The van der Waals surface area contributed by atoms with E-state index in [-0.39, 0.29) is 30.5 Å². The first-order valence-electron chi connectivity index (χ1n) is 8.46. The van der Waals surface area contributed by atoms with Crippen LogP contribution in [0.5, 0.6) is 0 Å². The number of aliphatic hydroxyl groups excluding tert-OH is 1. The number of pyridine rings is 1. The summed E-state index contributed by atoms with van der Waals surface area (Å²) in [6, 6.07) is 5.08. The molecule has 2 amide bonds. The van der Waals surface area contributed by atoms with Crippen LogP contribution in [0.25, 0.3) is 5.65 Å². The summed E-state index contributed by atoms with van der Waals surface area (Å²) in [4.78, 5) is 12.2. The van der Waals surface area contributed by atoms with Crippen molar-refractivity contribution in [1.82, 2.24) is 25.2 Å². The Kier molecular flexibility index (Phi) is 6.14. The molecule has 0 bridgehead atoms. The molecule has 2 aromatic rings. The third-order valence-corrected chi connectivity index (χ3v) is 4.34. The molecule has 0 aliphatic rings. The second-order valence-electron chi connectivity index (χ2n) is 6.52. The van der Waals surface area contributed by atoms with Crippen LogP contribution in [0.4, 0.5) is 4.79 Å². The van der Waals surface area contributed by atoms with Gasteiger partial charge in [-0.2, -0.15) is 0 Å². The minimum Gasteiger partial charge on any atom is -0.391 e. The molecule has 2 rings (SSSR count). The normalized spacial score (nSPS) is 15.2. The van der Waals surface area contributed by atoms with Gasteiger partial charge in [0.2, 0.25) is 0 Å². The van der Waals surface area contributed by atoms with Gasteiger partial charge in [-0.25, -0.2) is 4.79 Å². The van der Waals surface area contributed by atoms with Crippen molar-refractivity contribution in [3.8, 4) is 0 Å². The second kappa shape index (κ2) is 8.10. The Morgan fingerprint density at radius 2 is 2.04 bits per heavy atom. The van der Waals surface area contributed by atoms with Gasteiger partial charge in [-0.15, -0.1) is 10.2 Å². The van der Waals surface area contributed by atoms with E-state index < -0.39 is 6.10 Å². The van der Waals surface area contributed by atoms with Crippen LogP contribution < -0.4 is 10.6 Å². The van der Waals surface area contributed by atoms with Crippen LogP contribution in [0.15, 0.2) is 24.4 Å². The summed E-state index contributed by atoms with van der Waals surface area (Å²) < 4.78 is 1.87. The lowest BCUT2D eigenvalue weighted by molar-refractivity contribution is 0.114. The zero-order valence-electron chi connectivity index (χ0n) is 14.7. The number of fused-ring (bicyclic) bond motifs is 1. The quantitative estimate of drug-likeness (QED) is 0.724. The average molecular weight is 333 g/mol. The van der Waals surface area contributed by atoms with Gasteiger partial charge < -0.3 is 15.7 Å². The van der Waals surface area contributed by atoms with Gasteiger partial charge in [-0.3, -0.25) is 4.40 Å². The highest BCUT2D eigenvalue weighted by atomic mass is 16.3. The van der Waals surface area contributed by atoms with Gasteiger partial charge in [-0.05, 0) is 24.0 Å². The Balaban J connectivity index is 2.05. The first kappa shape index (κ1) is 18.2. The minimum atomic E-state index is -0.549. The van der Waals surface area contributed by atoms with E-state index >= 15 is 0 Å². The fourth-order valence-corrected chi connectivity index (χ4v) is 2.46. The molecule has 3 atom stereocenters. The molecule has 7 nitrogen and oxygen atoms in total. The van der Waals surface area contributed by atoms with Gasteiger partial charge in [0, 0.05) is 12.7 Å². The Labute approximate surface area is 142 Å². The summed E-state index contributed by atoms with van der Waals surface area (Å²) >= 11 is 0. The van der Waals surface area contributed by atoms with Crippen molar-refractivity contribution >= 4 is 11.7 Å². The van der Waals surface area contributed by atoms with E-state index in [2.05, 4.69) is 20.8 Å².